The summed E-state index contributed by atoms with van der Waals surface area (Å²) >= 11 is 0. The Labute approximate surface area is 149 Å². The summed E-state index contributed by atoms with van der Waals surface area (Å²) in [6, 6.07) is 3.96. The molecule has 0 fully saturated rings. The molecule has 0 heterocycles. The van der Waals surface area contributed by atoms with Crippen molar-refractivity contribution in [2.45, 2.75) is 71.6 Å². The molecule has 25 heavy (non-hydrogen) atoms. The minimum absolute atomic E-state index is 0.0106. The zero-order chi connectivity index (χ0) is 19.0. The molecule has 138 valence electrons. The maximum absolute atomic E-state index is 14.3. The van der Waals surface area contributed by atoms with Crippen LogP contribution in [0.2, 0.25) is 0 Å². The van der Waals surface area contributed by atoms with E-state index >= 15 is 0 Å². The summed E-state index contributed by atoms with van der Waals surface area (Å²) in [6.45, 7) is 12.9. The summed E-state index contributed by atoms with van der Waals surface area (Å²) in [4.78, 5) is 11.2. The summed E-state index contributed by atoms with van der Waals surface area (Å²) in [7, 11) is 0. The first kappa shape index (κ1) is 19.5. The minimum atomic E-state index is -1.53. The molecule has 0 aromatic heterocycles. The van der Waals surface area contributed by atoms with Crippen molar-refractivity contribution in [1.29, 1.82) is 0 Å². The molecule has 0 saturated heterocycles. The number of halogens is 1. The molecule has 2 rings (SSSR count). The molecule has 0 aliphatic heterocycles. The lowest BCUT2D eigenvalue weighted by atomic mass is 9.62. The summed E-state index contributed by atoms with van der Waals surface area (Å²) in [5.41, 5.74) is 3.10. The lowest BCUT2D eigenvalue weighted by Crippen LogP contribution is -2.34. The van der Waals surface area contributed by atoms with Crippen LogP contribution in [0.25, 0.3) is 5.57 Å². The van der Waals surface area contributed by atoms with Gasteiger partial charge in [0.25, 0.3) is 0 Å². The maximum Gasteiger partial charge on any atom is 0.365 e. The molecule has 0 atom stereocenters. The first-order chi connectivity index (χ1) is 11.5. The molecule has 0 unspecified atom stereocenters. The molecule has 1 aliphatic rings. The number of hydrogen-bond donors (Lipinski definition) is 1. The Morgan fingerprint density at radius 1 is 1.12 bits per heavy atom. The highest BCUT2D eigenvalue weighted by molar-refractivity contribution is 5.95. The van der Waals surface area contributed by atoms with E-state index in [2.05, 4.69) is 27.7 Å². The van der Waals surface area contributed by atoms with Gasteiger partial charge in [0, 0.05) is 11.1 Å². The van der Waals surface area contributed by atoms with E-state index < -0.39 is 11.8 Å². The Bertz CT molecular complexity index is 714. The third-order valence-electron chi connectivity index (χ3n) is 5.38. The highest BCUT2D eigenvalue weighted by atomic mass is 19.1. The maximum atomic E-state index is 14.3. The van der Waals surface area contributed by atoms with Crippen molar-refractivity contribution in [3.8, 4) is 5.75 Å². The van der Waals surface area contributed by atoms with Gasteiger partial charge in [-0.2, -0.15) is 4.39 Å². The van der Waals surface area contributed by atoms with Crippen molar-refractivity contribution >= 4 is 11.5 Å². The Kier molecular flexibility index (Phi) is 5.31. The second-order valence-electron chi connectivity index (χ2n) is 8.05. The zero-order valence-electron chi connectivity index (χ0n) is 16.1. The van der Waals surface area contributed by atoms with Crippen molar-refractivity contribution in [3.05, 3.63) is 34.6 Å². The van der Waals surface area contributed by atoms with E-state index in [9.17, 15) is 9.18 Å². The first-order valence-corrected chi connectivity index (χ1v) is 8.99. The Hall–Kier alpha value is -1.84. The predicted octanol–water partition coefficient (Wildman–Crippen LogP) is 5.61. The number of hydrogen-bond acceptors (Lipinski definition) is 2. The van der Waals surface area contributed by atoms with Crippen LogP contribution in [0.3, 0.4) is 0 Å². The van der Waals surface area contributed by atoms with Crippen LogP contribution in [0.15, 0.2) is 18.0 Å². The van der Waals surface area contributed by atoms with Crippen molar-refractivity contribution in [2.75, 3.05) is 6.61 Å². The summed E-state index contributed by atoms with van der Waals surface area (Å²) < 4.78 is 20.1. The number of carboxylic acid groups (broad SMARTS) is 1. The standard InChI is InChI=1S/C21H29FO3/c1-7-13(18(22)19(23)24)14-11-15-16(12-17(14)25-8-2)21(5,6)10-9-20(15,3)4/h11-12H,7-10H2,1-6H3,(H,23,24). The van der Waals surface area contributed by atoms with E-state index in [-0.39, 0.29) is 16.4 Å². The van der Waals surface area contributed by atoms with Gasteiger partial charge in [-0.3, -0.25) is 0 Å². The normalized spacial score (nSPS) is 19.0. The smallest absolute Gasteiger partial charge is 0.365 e. The van der Waals surface area contributed by atoms with Gasteiger partial charge in [-0.15, -0.1) is 0 Å². The molecular weight excluding hydrogens is 319 g/mol. The van der Waals surface area contributed by atoms with Gasteiger partial charge in [-0.05, 0) is 60.3 Å². The number of rotatable bonds is 5. The Balaban J connectivity index is 2.81. The van der Waals surface area contributed by atoms with Crippen LogP contribution in [-0.4, -0.2) is 17.7 Å². The summed E-state index contributed by atoms with van der Waals surface area (Å²) in [5, 5.41) is 9.12. The molecule has 1 aromatic rings. The van der Waals surface area contributed by atoms with Crippen LogP contribution >= 0.6 is 0 Å². The first-order valence-electron chi connectivity index (χ1n) is 8.99. The number of aliphatic carboxylic acids is 1. The largest absolute Gasteiger partial charge is 0.493 e. The summed E-state index contributed by atoms with van der Waals surface area (Å²) in [5.74, 6) is -2.06. The fraction of sp³-hybridized carbons (Fsp3) is 0.571. The van der Waals surface area contributed by atoms with Gasteiger partial charge in [-0.25, -0.2) is 4.79 Å². The number of fused-ring (bicyclic) bond motifs is 1. The Morgan fingerprint density at radius 2 is 1.64 bits per heavy atom. The number of benzene rings is 1. The van der Waals surface area contributed by atoms with Crippen LogP contribution in [0, 0.1) is 0 Å². The fourth-order valence-electron chi connectivity index (χ4n) is 3.70. The van der Waals surface area contributed by atoms with E-state index in [0.717, 1.165) is 18.4 Å². The van der Waals surface area contributed by atoms with E-state index in [1.165, 1.54) is 5.56 Å². The summed E-state index contributed by atoms with van der Waals surface area (Å²) in [6.07, 6.45) is 2.39. The van der Waals surface area contributed by atoms with Gasteiger partial charge in [0.2, 0.25) is 5.83 Å². The third kappa shape index (κ3) is 3.58. The number of carboxylic acids is 1. The molecule has 0 amide bonds. The van der Waals surface area contributed by atoms with Crippen LogP contribution in [0.4, 0.5) is 4.39 Å². The van der Waals surface area contributed by atoms with Gasteiger partial charge in [0.1, 0.15) is 5.75 Å². The minimum Gasteiger partial charge on any atom is -0.493 e. The van der Waals surface area contributed by atoms with Crippen molar-refractivity contribution < 1.29 is 19.0 Å². The van der Waals surface area contributed by atoms with E-state index in [4.69, 9.17) is 9.84 Å². The quantitative estimate of drug-likeness (QED) is 0.704. The molecule has 0 spiro atoms. The second-order valence-corrected chi connectivity index (χ2v) is 8.05. The second kappa shape index (κ2) is 6.81. The SMILES string of the molecule is CCOc1cc2c(cc1C(CC)=C(F)C(=O)O)C(C)(C)CCC2(C)C. The van der Waals surface area contributed by atoms with Crippen molar-refractivity contribution in [1.82, 2.24) is 0 Å². The predicted molar refractivity (Wildman–Crippen MR) is 98.9 cm³/mol. The molecule has 4 heteroatoms. The molecule has 1 N–H and O–H groups in total. The van der Waals surface area contributed by atoms with E-state index in [1.54, 1.807) is 6.92 Å². The van der Waals surface area contributed by atoms with Crippen molar-refractivity contribution in [3.63, 3.8) is 0 Å². The number of allylic oxidation sites excluding steroid dienone is 1. The molecule has 0 radical (unpaired) electrons. The number of carbonyl (C=O) groups is 1. The molecule has 1 aliphatic carbocycles. The van der Waals surface area contributed by atoms with Gasteiger partial charge in [0.15, 0.2) is 0 Å². The topological polar surface area (TPSA) is 46.5 Å². The number of ether oxygens (including phenoxy) is 1. The van der Waals surface area contributed by atoms with E-state index in [1.807, 2.05) is 19.1 Å². The van der Waals surface area contributed by atoms with Gasteiger partial charge >= 0.3 is 5.97 Å². The van der Waals surface area contributed by atoms with Gasteiger partial charge in [0.05, 0.1) is 6.61 Å². The van der Waals surface area contributed by atoms with Gasteiger partial charge < -0.3 is 9.84 Å². The lowest BCUT2D eigenvalue weighted by molar-refractivity contribution is -0.134. The van der Waals surface area contributed by atoms with Crippen LogP contribution in [0.5, 0.6) is 5.75 Å². The van der Waals surface area contributed by atoms with Crippen LogP contribution < -0.4 is 4.74 Å². The molecule has 0 saturated carbocycles. The van der Waals surface area contributed by atoms with Crippen LogP contribution in [-0.2, 0) is 15.6 Å². The fourth-order valence-corrected chi connectivity index (χ4v) is 3.70. The molecule has 1 aromatic carbocycles. The highest BCUT2D eigenvalue weighted by Crippen LogP contribution is 2.49. The van der Waals surface area contributed by atoms with E-state index in [0.29, 0.717) is 24.3 Å². The highest BCUT2D eigenvalue weighted by Gasteiger charge is 2.38. The zero-order valence-corrected chi connectivity index (χ0v) is 16.1. The average Bonchev–Trinajstić information content (AvgIpc) is 2.53. The third-order valence-corrected chi connectivity index (χ3v) is 5.38. The molecule has 3 nitrogen and oxygen atoms in total. The molecular formula is C21H29FO3. The monoisotopic (exact) mass is 348 g/mol. The van der Waals surface area contributed by atoms with Crippen LogP contribution in [0.1, 0.15) is 77.5 Å². The van der Waals surface area contributed by atoms with Crippen molar-refractivity contribution in [2.24, 2.45) is 0 Å². The lowest BCUT2D eigenvalue weighted by Gasteiger charge is -2.42. The Morgan fingerprint density at radius 3 is 2.08 bits per heavy atom. The molecule has 0 bridgehead atoms. The average molecular weight is 348 g/mol. The van der Waals surface area contributed by atoms with Gasteiger partial charge in [-0.1, -0.05) is 34.6 Å².